The summed E-state index contributed by atoms with van der Waals surface area (Å²) in [4.78, 5) is 11.4. The average molecular weight is 645 g/mol. The molecule has 3 rings (SSSR count). The minimum Gasteiger partial charge on any atom is -0.469 e. The van der Waals surface area contributed by atoms with Crippen molar-refractivity contribution in [3.63, 3.8) is 0 Å². The third-order valence-corrected chi connectivity index (χ3v) is 12.6. The first-order chi connectivity index (χ1) is 22.4. The van der Waals surface area contributed by atoms with Gasteiger partial charge in [-0.15, -0.1) is 0 Å². The third kappa shape index (κ3) is 12.5. The zero-order valence-electron chi connectivity index (χ0n) is 29.2. The fraction of sp³-hybridized carbons (Fsp3) is 0.537. The molecule has 0 heterocycles. The van der Waals surface area contributed by atoms with E-state index in [1.165, 1.54) is 20.0 Å². The normalized spacial score (nSPS) is 19.8. The van der Waals surface area contributed by atoms with Gasteiger partial charge in [-0.3, -0.25) is 4.79 Å². The van der Waals surface area contributed by atoms with E-state index >= 15 is 0 Å². The van der Waals surface area contributed by atoms with Crippen LogP contribution in [-0.2, 0) is 18.4 Å². The highest BCUT2D eigenvalue weighted by molar-refractivity contribution is 6.92. The maximum atomic E-state index is 11.4. The van der Waals surface area contributed by atoms with Gasteiger partial charge in [0.25, 0.3) is 0 Å². The van der Waals surface area contributed by atoms with Crippen molar-refractivity contribution >= 4 is 24.9 Å². The SMILES string of the molecule is CC/C=C\C/C=C\[C@@H](/C=C\CCCCCCCC(=O)OC)O[Si](O[C@@H]1C[C@H](C)CC[C@H]1C(C)C)(c1ccccc1)c1ccccc1. The molecule has 0 bridgehead atoms. The van der Waals surface area contributed by atoms with Gasteiger partial charge in [0.2, 0.25) is 0 Å². The molecule has 0 aliphatic heterocycles. The Balaban J connectivity index is 1.90. The zero-order valence-corrected chi connectivity index (χ0v) is 30.2. The summed E-state index contributed by atoms with van der Waals surface area (Å²) in [6.07, 6.45) is 25.7. The molecule has 1 fully saturated rings. The van der Waals surface area contributed by atoms with Gasteiger partial charge in [0, 0.05) is 6.42 Å². The van der Waals surface area contributed by atoms with Gasteiger partial charge in [-0.25, -0.2) is 0 Å². The number of benzene rings is 2. The summed E-state index contributed by atoms with van der Waals surface area (Å²) in [5, 5.41) is 2.32. The molecule has 4 atom stereocenters. The minimum atomic E-state index is -3.15. The molecule has 252 valence electrons. The number of carbonyl (C=O) groups excluding carboxylic acids is 1. The molecule has 5 heteroatoms. The van der Waals surface area contributed by atoms with Crippen LogP contribution in [0.1, 0.15) is 105 Å². The van der Waals surface area contributed by atoms with Gasteiger partial charge in [0.15, 0.2) is 0 Å². The third-order valence-electron chi connectivity index (χ3n) is 9.19. The molecule has 1 aliphatic carbocycles. The predicted molar refractivity (Wildman–Crippen MR) is 196 cm³/mol. The Morgan fingerprint density at radius 3 is 2.11 bits per heavy atom. The lowest BCUT2D eigenvalue weighted by atomic mass is 9.75. The molecule has 0 amide bonds. The van der Waals surface area contributed by atoms with Crippen LogP contribution in [0.2, 0.25) is 0 Å². The van der Waals surface area contributed by atoms with E-state index in [2.05, 4.69) is 125 Å². The van der Waals surface area contributed by atoms with Gasteiger partial charge in [-0.1, -0.05) is 150 Å². The van der Waals surface area contributed by atoms with Crippen molar-refractivity contribution in [1.82, 2.24) is 0 Å². The number of ether oxygens (including phenoxy) is 1. The Morgan fingerprint density at radius 1 is 0.848 bits per heavy atom. The average Bonchev–Trinajstić information content (AvgIpc) is 3.07. The summed E-state index contributed by atoms with van der Waals surface area (Å²) < 4.78 is 19.8. The number of rotatable bonds is 20. The highest BCUT2D eigenvalue weighted by atomic mass is 28.4. The van der Waals surface area contributed by atoms with Gasteiger partial charge in [0.05, 0.1) is 19.3 Å². The van der Waals surface area contributed by atoms with Gasteiger partial charge in [-0.2, -0.15) is 0 Å². The Kier molecular flexibility index (Phi) is 17.4. The lowest BCUT2D eigenvalue weighted by molar-refractivity contribution is -0.140. The lowest BCUT2D eigenvalue weighted by Gasteiger charge is -2.43. The van der Waals surface area contributed by atoms with E-state index in [1.54, 1.807) is 0 Å². The molecular weight excluding hydrogens is 585 g/mol. The largest absolute Gasteiger partial charge is 0.469 e. The number of allylic oxidation sites excluding steroid dienone is 4. The smallest absolute Gasteiger partial charge is 0.408 e. The molecule has 0 radical (unpaired) electrons. The summed E-state index contributed by atoms with van der Waals surface area (Å²) in [6.45, 7) is 9.24. The second kappa shape index (κ2) is 21.2. The first kappa shape index (κ1) is 37.7. The van der Waals surface area contributed by atoms with Crippen LogP contribution in [0.4, 0.5) is 0 Å². The van der Waals surface area contributed by atoms with Crippen molar-refractivity contribution in [2.75, 3.05) is 7.11 Å². The molecule has 46 heavy (non-hydrogen) atoms. The molecule has 0 unspecified atom stereocenters. The standard InChI is InChI=1S/C41H60O4Si/c1-6-7-8-12-17-24-36(25-18-13-10-9-11-14-23-30-41(42)43-5)44-46(37-26-19-15-20-27-37,38-28-21-16-22-29-38)45-40-33-35(4)31-32-39(40)34(2)3/h7-8,15-22,24-29,34-36,39-40H,6,9-14,23,30-33H2,1-5H3/b8-7-,24-17-,25-18-/t35-,36+,39+,40-/m1/s1. The number of methoxy groups -OCH3 is 1. The molecule has 0 saturated heterocycles. The quantitative estimate of drug-likeness (QED) is 0.0623. The van der Waals surface area contributed by atoms with Crippen LogP contribution < -0.4 is 10.4 Å². The summed E-state index contributed by atoms with van der Waals surface area (Å²) in [6, 6.07) is 21.5. The van der Waals surface area contributed by atoms with Crippen LogP contribution in [-0.4, -0.2) is 33.8 Å². The number of esters is 1. The van der Waals surface area contributed by atoms with Crippen molar-refractivity contribution < 1.29 is 18.4 Å². The summed E-state index contributed by atoms with van der Waals surface area (Å²) in [5.74, 6) is 1.59. The van der Waals surface area contributed by atoms with E-state index in [1.807, 2.05) is 0 Å². The molecule has 0 spiro atoms. The number of hydrogen-bond donors (Lipinski definition) is 0. The molecule has 2 aromatic rings. The highest BCUT2D eigenvalue weighted by Crippen LogP contribution is 2.37. The van der Waals surface area contributed by atoms with Crippen molar-refractivity contribution in [3.05, 3.63) is 97.1 Å². The first-order valence-corrected chi connectivity index (χ1v) is 19.7. The Morgan fingerprint density at radius 2 is 1.48 bits per heavy atom. The topological polar surface area (TPSA) is 44.8 Å². The molecule has 1 aliphatic rings. The summed E-state index contributed by atoms with van der Waals surface area (Å²) >= 11 is 0. The molecule has 1 saturated carbocycles. The first-order valence-electron chi connectivity index (χ1n) is 17.9. The Bertz CT molecular complexity index is 1150. The Labute approximate surface area is 281 Å². The fourth-order valence-electron chi connectivity index (χ4n) is 6.53. The second-order valence-corrected chi connectivity index (χ2v) is 16.1. The number of unbranched alkanes of at least 4 members (excludes halogenated alkanes) is 5. The maximum Gasteiger partial charge on any atom is 0.408 e. The summed E-state index contributed by atoms with van der Waals surface area (Å²) in [5.41, 5.74) is 0. The van der Waals surface area contributed by atoms with E-state index in [-0.39, 0.29) is 18.2 Å². The van der Waals surface area contributed by atoms with E-state index < -0.39 is 8.56 Å². The predicted octanol–water partition coefficient (Wildman–Crippen LogP) is 9.48. The highest BCUT2D eigenvalue weighted by Gasteiger charge is 2.48. The van der Waals surface area contributed by atoms with Gasteiger partial charge < -0.3 is 13.6 Å². The van der Waals surface area contributed by atoms with Crippen LogP contribution >= 0.6 is 0 Å². The molecule has 0 N–H and O–H groups in total. The van der Waals surface area contributed by atoms with Crippen molar-refractivity contribution in [2.45, 2.75) is 117 Å². The minimum absolute atomic E-state index is 0.112. The number of carbonyl (C=O) groups is 1. The fourth-order valence-corrected chi connectivity index (χ4v) is 9.96. The van der Waals surface area contributed by atoms with Gasteiger partial charge >= 0.3 is 14.5 Å². The maximum absolute atomic E-state index is 11.4. The number of hydrogen-bond acceptors (Lipinski definition) is 4. The molecule has 0 aromatic heterocycles. The van der Waals surface area contributed by atoms with Crippen LogP contribution in [0.15, 0.2) is 97.1 Å². The van der Waals surface area contributed by atoms with Crippen LogP contribution in [0, 0.1) is 17.8 Å². The van der Waals surface area contributed by atoms with Crippen LogP contribution in [0.5, 0.6) is 0 Å². The van der Waals surface area contributed by atoms with Crippen LogP contribution in [0.25, 0.3) is 0 Å². The zero-order chi connectivity index (χ0) is 33.0. The van der Waals surface area contributed by atoms with Crippen molar-refractivity contribution in [3.8, 4) is 0 Å². The van der Waals surface area contributed by atoms with Gasteiger partial charge in [-0.05, 0) is 73.1 Å². The van der Waals surface area contributed by atoms with E-state index in [0.717, 1.165) is 68.2 Å². The second-order valence-electron chi connectivity index (χ2n) is 13.3. The Hall–Kier alpha value is -2.73. The monoisotopic (exact) mass is 644 g/mol. The van der Waals surface area contributed by atoms with Crippen LogP contribution in [0.3, 0.4) is 0 Å². The molecule has 2 aromatic carbocycles. The van der Waals surface area contributed by atoms with E-state index in [0.29, 0.717) is 24.2 Å². The van der Waals surface area contributed by atoms with E-state index in [9.17, 15) is 4.79 Å². The lowest BCUT2D eigenvalue weighted by Crippen LogP contribution is -2.66. The van der Waals surface area contributed by atoms with Gasteiger partial charge in [0.1, 0.15) is 0 Å². The van der Waals surface area contributed by atoms with E-state index in [4.69, 9.17) is 13.6 Å². The van der Waals surface area contributed by atoms with Crippen molar-refractivity contribution in [1.29, 1.82) is 0 Å². The summed E-state index contributed by atoms with van der Waals surface area (Å²) in [7, 11) is -1.69. The van der Waals surface area contributed by atoms with Crippen molar-refractivity contribution in [2.24, 2.45) is 17.8 Å². The molecule has 4 nitrogen and oxygen atoms in total. The molecular formula is C41H60O4Si.